The molecular formula is C14H29N3O2. The SMILES string of the molecule is CC(C)(CN[C@H]1CCCNC1)NC(=O)OC(C)(C)C. The summed E-state index contributed by atoms with van der Waals surface area (Å²) in [5.74, 6) is 0. The molecule has 1 aliphatic heterocycles. The molecule has 0 aromatic rings. The van der Waals surface area contributed by atoms with Crippen LogP contribution in [0.15, 0.2) is 0 Å². The highest BCUT2D eigenvalue weighted by Gasteiger charge is 2.25. The number of nitrogens with one attached hydrogen (secondary N) is 3. The molecule has 1 amide bonds. The van der Waals surface area contributed by atoms with E-state index in [2.05, 4.69) is 16.0 Å². The normalized spacial score (nSPS) is 21.0. The molecule has 1 atom stereocenters. The summed E-state index contributed by atoms with van der Waals surface area (Å²) in [5, 5.41) is 9.77. The van der Waals surface area contributed by atoms with Gasteiger partial charge in [-0.2, -0.15) is 0 Å². The van der Waals surface area contributed by atoms with Crippen molar-refractivity contribution < 1.29 is 9.53 Å². The molecule has 1 fully saturated rings. The minimum Gasteiger partial charge on any atom is -0.444 e. The van der Waals surface area contributed by atoms with Crippen LogP contribution in [0.4, 0.5) is 4.79 Å². The third kappa shape index (κ3) is 7.38. The van der Waals surface area contributed by atoms with Crippen molar-refractivity contribution >= 4 is 6.09 Å². The summed E-state index contributed by atoms with van der Waals surface area (Å²) >= 11 is 0. The third-order valence-electron chi connectivity index (χ3n) is 2.97. The first kappa shape index (κ1) is 16.2. The molecule has 5 heteroatoms. The number of alkyl carbamates (subject to hydrolysis) is 1. The van der Waals surface area contributed by atoms with Gasteiger partial charge in [0.2, 0.25) is 0 Å². The van der Waals surface area contributed by atoms with Crippen LogP contribution in [0.25, 0.3) is 0 Å². The van der Waals surface area contributed by atoms with Gasteiger partial charge < -0.3 is 20.7 Å². The van der Waals surface area contributed by atoms with Crippen LogP contribution in [-0.4, -0.2) is 42.9 Å². The Labute approximate surface area is 116 Å². The van der Waals surface area contributed by atoms with E-state index in [-0.39, 0.29) is 11.6 Å². The lowest BCUT2D eigenvalue weighted by molar-refractivity contribution is 0.0470. The van der Waals surface area contributed by atoms with E-state index in [0.717, 1.165) is 19.6 Å². The third-order valence-corrected chi connectivity index (χ3v) is 2.97. The van der Waals surface area contributed by atoms with Gasteiger partial charge in [0.1, 0.15) is 5.60 Å². The number of ether oxygens (including phenoxy) is 1. The van der Waals surface area contributed by atoms with Crippen LogP contribution >= 0.6 is 0 Å². The molecule has 112 valence electrons. The fourth-order valence-corrected chi connectivity index (χ4v) is 2.05. The van der Waals surface area contributed by atoms with E-state index in [0.29, 0.717) is 6.04 Å². The molecule has 0 radical (unpaired) electrons. The van der Waals surface area contributed by atoms with Crippen LogP contribution in [0.3, 0.4) is 0 Å². The fourth-order valence-electron chi connectivity index (χ4n) is 2.05. The monoisotopic (exact) mass is 271 g/mol. The molecule has 0 saturated carbocycles. The van der Waals surface area contributed by atoms with Crippen molar-refractivity contribution in [3.8, 4) is 0 Å². The molecule has 0 aromatic heterocycles. The second-order valence-electron chi connectivity index (χ2n) is 6.93. The van der Waals surface area contributed by atoms with Gasteiger partial charge in [0, 0.05) is 19.1 Å². The van der Waals surface area contributed by atoms with E-state index in [9.17, 15) is 4.79 Å². The molecule has 0 aromatic carbocycles. The van der Waals surface area contributed by atoms with Crippen LogP contribution < -0.4 is 16.0 Å². The standard InChI is InChI=1S/C14H29N3O2/c1-13(2,3)19-12(18)17-14(4,5)10-16-11-7-6-8-15-9-11/h11,15-16H,6-10H2,1-5H3,(H,17,18)/t11-/m0/s1. The second-order valence-corrected chi connectivity index (χ2v) is 6.93. The van der Waals surface area contributed by atoms with Crippen molar-refractivity contribution in [1.82, 2.24) is 16.0 Å². The molecule has 3 N–H and O–H groups in total. The smallest absolute Gasteiger partial charge is 0.408 e. The predicted octanol–water partition coefficient (Wildman–Crippen LogP) is 1.63. The number of carbonyl (C=O) groups is 1. The zero-order valence-corrected chi connectivity index (χ0v) is 12.9. The van der Waals surface area contributed by atoms with Gasteiger partial charge in [0.15, 0.2) is 0 Å². The minimum atomic E-state index is -0.457. The van der Waals surface area contributed by atoms with E-state index < -0.39 is 5.60 Å². The van der Waals surface area contributed by atoms with Gasteiger partial charge in [0.25, 0.3) is 0 Å². The fraction of sp³-hybridized carbons (Fsp3) is 0.929. The molecule has 1 heterocycles. The molecule has 1 rings (SSSR count). The molecular weight excluding hydrogens is 242 g/mol. The Bertz CT molecular complexity index is 292. The largest absolute Gasteiger partial charge is 0.444 e. The first-order valence-corrected chi connectivity index (χ1v) is 7.13. The lowest BCUT2D eigenvalue weighted by atomic mass is 10.0. The quantitative estimate of drug-likeness (QED) is 0.727. The Morgan fingerprint density at radius 2 is 2.00 bits per heavy atom. The highest BCUT2D eigenvalue weighted by Crippen LogP contribution is 2.10. The van der Waals surface area contributed by atoms with E-state index in [1.54, 1.807) is 0 Å². The molecule has 0 spiro atoms. The van der Waals surface area contributed by atoms with Crippen molar-refractivity contribution in [2.45, 2.75) is 64.6 Å². The zero-order chi connectivity index (χ0) is 14.5. The number of rotatable bonds is 4. The van der Waals surface area contributed by atoms with Crippen molar-refractivity contribution in [3.63, 3.8) is 0 Å². The Kier molecular flexibility index (Phi) is 5.62. The Morgan fingerprint density at radius 3 is 2.53 bits per heavy atom. The number of hydrogen-bond donors (Lipinski definition) is 3. The number of carbonyl (C=O) groups excluding carboxylic acids is 1. The lowest BCUT2D eigenvalue weighted by Crippen LogP contribution is -2.55. The number of hydrogen-bond acceptors (Lipinski definition) is 4. The van der Waals surface area contributed by atoms with E-state index in [4.69, 9.17) is 4.74 Å². The minimum absolute atomic E-state index is 0.320. The maximum absolute atomic E-state index is 11.8. The molecule has 1 saturated heterocycles. The van der Waals surface area contributed by atoms with E-state index in [1.807, 2.05) is 34.6 Å². The Hall–Kier alpha value is -0.810. The maximum Gasteiger partial charge on any atom is 0.408 e. The summed E-state index contributed by atoms with van der Waals surface area (Å²) in [7, 11) is 0. The summed E-state index contributed by atoms with van der Waals surface area (Å²) in [6.07, 6.45) is 2.04. The molecule has 19 heavy (non-hydrogen) atoms. The van der Waals surface area contributed by atoms with E-state index >= 15 is 0 Å². The van der Waals surface area contributed by atoms with Crippen molar-refractivity contribution in [1.29, 1.82) is 0 Å². The second kappa shape index (κ2) is 6.57. The summed E-state index contributed by atoms with van der Waals surface area (Å²) < 4.78 is 5.28. The molecule has 0 bridgehead atoms. The molecule has 0 aliphatic carbocycles. The summed E-state index contributed by atoms with van der Waals surface area (Å²) in [4.78, 5) is 11.8. The topological polar surface area (TPSA) is 62.4 Å². The van der Waals surface area contributed by atoms with Crippen LogP contribution in [0.1, 0.15) is 47.5 Å². The number of amides is 1. The summed E-state index contributed by atoms with van der Waals surface area (Å²) in [5.41, 5.74) is -0.777. The summed E-state index contributed by atoms with van der Waals surface area (Å²) in [6.45, 7) is 12.4. The van der Waals surface area contributed by atoms with Gasteiger partial charge in [-0.3, -0.25) is 0 Å². The highest BCUT2D eigenvalue weighted by molar-refractivity contribution is 5.68. The van der Waals surface area contributed by atoms with Crippen molar-refractivity contribution in [2.24, 2.45) is 0 Å². The first-order valence-electron chi connectivity index (χ1n) is 7.13. The average molecular weight is 271 g/mol. The molecule has 0 unspecified atom stereocenters. The van der Waals surface area contributed by atoms with Crippen LogP contribution in [0.5, 0.6) is 0 Å². The average Bonchev–Trinajstić information content (AvgIpc) is 2.24. The highest BCUT2D eigenvalue weighted by atomic mass is 16.6. The maximum atomic E-state index is 11.8. The van der Waals surface area contributed by atoms with Gasteiger partial charge in [-0.1, -0.05) is 0 Å². The van der Waals surface area contributed by atoms with Gasteiger partial charge in [-0.15, -0.1) is 0 Å². The van der Waals surface area contributed by atoms with Crippen LogP contribution in [0, 0.1) is 0 Å². The Morgan fingerprint density at radius 1 is 1.32 bits per heavy atom. The first-order chi connectivity index (χ1) is 8.68. The van der Waals surface area contributed by atoms with Gasteiger partial charge in [-0.25, -0.2) is 4.79 Å². The van der Waals surface area contributed by atoms with Gasteiger partial charge in [-0.05, 0) is 54.0 Å². The Balaban J connectivity index is 2.31. The van der Waals surface area contributed by atoms with E-state index in [1.165, 1.54) is 12.8 Å². The van der Waals surface area contributed by atoms with Crippen LogP contribution in [0.2, 0.25) is 0 Å². The predicted molar refractivity (Wildman–Crippen MR) is 77.3 cm³/mol. The zero-order valence-electron chi connectivity index (χ0n) is 12.9. The van der Waals surface area contributed by atoms with Gasteiger partial charge >= 0.3 is 6.09 Å². The van der Waals surface area contributed by atoms with Crippen LogP contribution in [-0.2, 0) is 4.74 Å². The molecule has 5 nitrogen and oxygen atoms in total. The number of piperidine rings is 1. The van der Waals surface area contributed by atoms with Gasteiger partial charge in [0.05, 0.1) is 5.54 Å². The van der Waals surface area contributed by atoms with Crippen molar-refractivity contribution in [3.05, 3.63) is 0 Å². The summed E-state index contributed by atoms with van der Waals surface area (Å²) in [6, 6.07) is 0.494. The molecule has 1 aliphatic rings. The lowest BCUT2D eigenvalue weighted by Gasteiger charge is -2.32. The van der Waals surface area contributed by atoms with Crippen molar-refractivity contribution in [2.75, 3.05) is 19.6 Å².